The second-order valence-corrected chi connectivity index (χ2v) is 5.76. The molecule has 0 saturated carbocycles. The van der Waals surface area contributed by atoms with Crippen LogP contribution in [-0.2, 0) is 0 Å². The minimum Gasteiger partial charge on any atom is -0.478 e. The molecule has 0 heterocycles. The molecular formula is C14H8ClFINO3. The maximum Gasteiger partial charge on any atom is 0.337 e. The van der Waals surface area contributed by atoms with Gasteiger partial charge in [-0.15, -0.1) is 0 Å². The molecule has 0 atom stereocenters. The van der Waals surface area contributed by atoms with Crippen molar-refractivity contribution >= 4 is 51.8 Å². The highest BCUT2D eigenvalue weighted by Crippen LogP contribution is 2.21. The number of hydrogen-bond donors (Lipinski definition) is 2. The topological polar surface area (TPSA) is 66.4 Å². The van der Waals surface area contributed by atoms with E-state index in [4.69, 9.17) is 16.7 Å². The molecule has 0 aliphatic heterocycles. The second-order valence-electron chi connectivity index (χ2n) is 4.07. The minimum atomic E-state index is -1.18. The van der Waals surface area contributed by atoms with Gasteiger partial charge >= 0.3 is 5.97 Å². The molecule has 0 fully saturated rings. The highest BCUT2D eigenvalue weighted by atomic mass is 127. The molecule has 21 heavy (non-hydrogen) atoms. The van der Waals surface area contributed by atoms with Gasteiger partial charge in [0.25, 0.3) is 5.91 Å². The SMILES string of the molecule is O=C(Nc1ccc(I)cc1C(=O)O)c1cc(Cl)ccc1F. The van der Waals surface area contributed by atoms with E-state index in [-0.39, 0.29) is 21.8 Å². The summed E-state index contributed by atoms with van der Waals surface area (Å²) < 4.78 is 14.3. The van der Waals surface area contributed by atoms with Crippen LogP contribution < -0.4 is 5.32 Å². The van der Waals surface area contributed by atoms with Gasteiger partial charge in [0.15, 0.2) is 0 Å². The molecule has 2 aromatic rings. The molecule has 0 radical (unpaired) electrons. The highest BCUT2D eigenvalue weighted by molar-refractivity contribution is 14.1. The molecule has 2 N–H and O–H groups in total. The first-order valence-corrected chi connectivity index (χ1v) is 7.13. The summed E-state index contributed by atoms with van der Waals surface area (Å²) in [5.41, 5.74) is -0.234. The number of carboxylic acid groups (broad SMARTS) is 1. The van der Waals surface area contributed by atoms with Crippen molar-refractivity contribution in [2.45, 2.75) is 0 Å². The van der Waals surface area contributed by atoms with Crippen molar-refractivity contribution in [3.8, 4) is 0 Å². The van der Waals surface area contributed by atoms with Gasteiger partial charge in [0.05, 0.1) is 16.8 Å². The van der Waals surface area contributed by atoms with Crippen LogP contribution >= 0.6 is 34.2 Å². The predicted molar refractivity (Wildman–Crippen MR) is 85.5 cm³/mol. The molecule has 1 amide bonds. The molecule has 2 rings (SSSR count). The number of anilines is 1. The van der Waals surface area contributed by atoms with Gasteiger partial charge in [-0.3, -0.25) is 4.79 Å². The number of carboxylic acids is 1. The van der Waals surface area contributed by atoms with Crippen molar-refractivity contribution < 1.29 is 19.1 Å². The predicted octanol–water partition coefficient (Wildman–Crippen LogP) is 4.03. The van der Waals surface area contributed by atoms with Crippen molar-refractivity contribution in [1.29, 1.82) is 0 Å². The van der Waals surface area contributed by atoms with E-state index in [0.717, 1.165) is 6.07 Å². The van der Waals surface area contributed by atoms with E-state index < -0.39 is 17.7 Å². The molecular weight excluding hydrogens is 412 g/mol. The Kier molecular flexibility index (Phi) is 4.79. The first-order valence-electron chi connectivity index (χ1n) is 5.67. The van der Waals surface area contributed by atoms with Gasteiger partial charge < -0.3 is 10.4 Å². The second kappa shape index (κ2) is 6.40. The van der Waals surface area contributed by atoms with E-state index in [1.54, 1.807) is 6.07 Å². The van der Waals surface area contributed by atoms with Crippen molar-refractivity contribution in [3.05, 3.63) is 61.9 Å². The molecule has 0 saturated heterocycles. The van der Waals surface area contributed by atoms with Crippen LogP contribution in [-0.4, -0.2) is 17.0 Å². The molecule has 0 aliphatic carbocycles. The van der Waals surface area contributed by atoms with E-state index in [2.05, 4.69) is 5.32 Å². The maximum absolute atomic E-state index is 13.6. The molecule has 0 unspecified atom stereocenters. The third kappa shape index (κ3) is 3.70. The number of carbonyl (C=O) groups excluding carboxylic acids is 1. The zero-order valence-electron chi connectivity index (χ0n) is 10.4. The lowest BCUT2D eigenvalue weighted by atomic mass is 10.1. The average Bonchev–Trinajstić information content (AvgIpc) is 2.43. The highest BCUT2D eigenvalue weighted by Gasteiger charge is 2.16. The number of nitrogens with one attached hydrogen (secondary N) is 1. The van der Waals surface area contributed by atoms with Gasteiger partial charge in [0.1, 0.15) is 5.82 Å². The summed E-state index contributed by atoms with van der Waals surface area (Å²) in [6, 6.07) is 8.07. The van der Waals surface area contributed by atoms with E-state index in [1.165, 1.54) is 24.3 Å². The van der Waals surface area contributed by atoms with Crippen LogP contribution in [0.1, 0.15) is 20.7 Å². The monoisotopic (exact) mass is 419 g/mol. The fraction of sp³-hybridized carbons (Fsp3) is 0. The molecule has 108 valence electrons. The Morgan fingerprint density at radius 3 is 2.52 bits per heavy atom. The third-order valence-electron chi connectivity index (χ3n) is 2.63. The number of hydrogen-bond acceptors (Lipinski definition) is 2. The molecule has 0 aliphatic rings. The Balaban J connectivity index is 2.36. The fourth-order valence-corrected chi connectivity index (χ4v) is 2.33. The van der Waals surface area contributed by atoms with Crippen LogP contribution in [0.15, 0.2) is 36.4 Å². The number of rotatable bonds is 3. The van der Waals surface area contributed by atoms with Crippen LogP contribution in [0.2, 0.25) is 5.02 Å². The van der Waals surface area contributed by atoms with E-state index >= 15 is 0 Å². The molecule has 4 nitrogen and oxygen atoms in total. The zero-order chi connectivity index (χ0) is 15.6. The Morgan fingerprint density at radius 2 is 1.86 bits per heavy atom. The third-order valence-corrected chi connectivity index (χ3v) is 3.54. The lowest BCUT2D eigenvalue weighted by Gasteiger charge is -2.09. The standard InChI is InChI=1S/C14H8ClFINO3/c15-7-1-3-11(16)9(5-7)13(19)18-12-4-2-8(17)6-10(12)14(20)21/h1-6H,(H,18,19)(H,20,21). The van der Waals surface area contributed by atoms with Crippen molar-refractivity contribution in [3.63, 3.8) is 0 Å². The van der Waals surface area contributed by atoms with Crippen LogP contribution in [0, 0.1) is 9.39 Å². The van der Waals surface area contributed by atoms with Gasteiger partial charge in [-0.05, 0) is 59.0 Å². The number of halogens is 3. The van der Waals surface area contributed by atoms with Gasteiger partial charge in [-0.1, -0.05) is 11.6 Å². The number of carbonyl (C=O) groups is 2. The maximum atomic E-state index is 13.6. The summed E-state index contributed by atoms with van der Waals surface area (Å²) >= 11 is 7.68. The Labute approximate surface area is 138 Å². The van der Waals surface area contributed by atoms with Crippen molar-refractivity contribution in [2.24, 2.45) is 0 Å². The van der Waals surface area contributed by atoms with E-state index in [0.29, 0.717) is 3.57 Å². The van der Waals surface area contributed by atoms with Gasteiger partial charge in [-0.25, -0.2) is 9.18 Å². The van der Waals surface area contributed by atoms with Crippen LogP contribution in [0.3, 0.4) is 0 Å². The lowest BCUT2D eigenvalue weighted by molar-refractivity contribution is 0.0698. The Morgan fingerprint density at radius 1 is 1.14 bits per heavy atom. The summed E-state index contributed by atoms with van der Waals surface area (Å²) in [5.74, 6) is -2.69. The number of benzene rings is 2. The van der Waals surface area contributed by atoms with Crippen LogP contribution in [0.4, 0.5) is 10.1 Å². The number of aromatic carboxylic acids is 1. The van der Waals surface area contributed by atoms with Gasteiger partial charge in [-0.2, -0.15) is 0 Å². The first kappa shape index (κ1) is 15.7. The average molecular weight is 420 g/mol. The normalized spacial score (nSPS) is 10.2. The Bertz CT molecular complexity index is 736. The Hall–Kier alpha value is -1.67. The molecule has 2 aromatic carbocycles. The van der Waals surface area contributed by atoms with Crippen LogP contribution in [0.5, 0.6) is 0 Å². The largest absolute Gasteiger partial charge is 0.478 e. The molecule has 0 bridgehead atoms. The summed E-state index contributed by atoms with van der Waals surface area (Å²) in [7, 11) is 0. The molecule has 0 spiro atoms. The minimum absolute atomic E-state index is 0.0716. The molecule has 7 heteroatoms. The van der Waals surface area contributed by atoms with Crippen LogP contribution in [0.25, 0.3) is 0 Å². The summed E-state index contributed by atoms with van der Waals surface area (Å²) in [6.45, 7) is 0. The smallest absolute Gasteiger partial charge is 0.337 e. The summed E-state index contributed by atoms with van der Waals surface area (Å²) in [5, 5.41) is 11.7. The number of amides is 1. The summed E-state index contributed by atoms with van der Waals surface area (Å²) in [6.07, 6.45) is 0. The lowest BCUT2D eigenvalue weighted by Crippen LogP contribution is -2.16. The van der Waals surface area contributed by atoms with Crippen molar-refractivity contribution in [2.75, 3.05) is 5.32 Å². The summed E-state index contributed by atoms with van der Waals surface area (Å²) in [4.78, 5) is 23.2. The van der Waals surface area contributed by atoms with Gasteiger partial charge in [0.2, 0.25) is 0 Å². The van der Waals surface area contributed by atoms with E-state index in [9.17, 15) is 14.0 Å². The first-order chi connectivity index (χ1) is 9.88. The molecule has 0 aromatic heterocycles. The van der Waals surface area contributed by atoms with E-state index in [1.807, 2.05) is 22.6 Å². The quantitative estimate of drug-likeness (QED) is 0.738. The fourth-order valence-electron chi connectivity index (χ4n) is 1.66. The van der Waals surface area contributed by atoms with Crippen molar-refractivity contribution in [1.82, 2.24) is 0 Å². The zero-order valence-corrected chi connectivity index (χ0v) is 13.3. The van der Waals surface area contributed by atoms with Gasteiger partial charge in [0, 0.05) is 8.59 Å².